The molecule has 1 aromatic heterocycles. The number of aromatic amines is 1. The van der Waals surface area contributed by atoms with Crippen LogP contribution in [0.5, 0.6) is 5.75 Å². The summed E-state index contributed by atoms with van der Waals surface area (Å²) in [4.78, 5) is 43.0. The number of nitrogens with zero attached hydrogens (tertiary/aromatic N) is 1. The number of rotatable bonds is 6. The number of esters is 1. The molecule has 0 unspecified atom stereocenters. The Labute approximate surface area is 233 Å². The predicted molar refractivity (Wildman–Crippen MR) is 152 cm³/mol. The number of aryl methyl sites for hydroxylation is 2. The van der Waals surface area contributed by atoms with E-state index in [4.69, 9.17) is 25.8 Å². The van der Waals surface area contributed by atoms with Gasteiger partial charge in [0.1, 0.15) is 11.4 Å². The molecule has 39 heavy (non-hydrogen) atoms. The smallest absolute Gasteiger partial charge is 0.410 e. The Kier molecular flexibility index (Phi) is 7.98. The normalized spacial score (nSPS) is 15.2. The fourth-order valence-electron chi connectivity index (χ4n) is 4.74. The number of likely N-dealkylation sites (tertiary alicyclic amines) is 1. The Hall–Kier alpha value is -3.52. The molecule has 1 N–H and O–H groups in total. The quantitative estimate of drug-likeness (QED) is 0.357. The molecule has 8 nitrogen and oxygen atoms in total. The van der Waals surface area contributed by atoms with Gasteiger partial charge in [0.25, 0.3) is 5.56 Å². The van der Waals surface area contributed by atoms with Gasteiger partial charge in [-0.25, -0.2) is 9.59 Å². The summed E-state index contributed by atoms with van der Waals surface area (Å²) in [7, 11) is 1.28. The second-order valence-electron chi connectivity index (χ2n) is 11.0. The summed E-state index contributed by atoms with van der Waals surface area (Å²) in [6, 6.07) is 7.00. The molecular weight excluding hydrogens is 520 g/mol. The summed E-state index contributed by atoms with van der Waals surface area (Å²) >= 11 is 6.35. The van der Waals surface area contributed by atoms with E-state index in [0.717, 1.165) is 23.1 Å². The van der Waals surface area contributed by atoms with Gasteiger partial charge in [-0.2, -0.15) is 0 Å². The van der Waals surface area contributed by atoms with Crippen LogP contribution in [0.1, 0.15) is 60.7 Å². The van der Waals surface area contributed by atoms with Gasteiger partial charge in [0.15, 0.2) is 0 Å². The van der Waals surface area contributed by atoms with Crippen LogP contribution in [0.2, 0.25) is 5.02 Å². The zero-order valence-electron chi connectivity index (χ0n) is 23.5. The number of carbonyl (C=O) groups is 2. The first-order chi connectivity index (χ1) is 18.3. The Morgan fingerprint density at radius 2 is 1.77 bits per heavy atom. The monoisotopic (exact) mass is 554 g/mol. The van der Waals surface area contributed by atoms with Gasteiger partial charge in [0.2, 0.25) is 0 Å². The van der Waals surface area contributed by atoms with Crippen molar-refractivity contribution in [2.75, 3.05) is 20.3 Å². The number of nitrogens with one attached hydrogen (secondary N) is 1. The zero-order chi connectivity index (χ0) is 28.6. The average molecular weight is 555 g/mol. The van der Waals surface area contributed by atoms with E-state index in [1.54, 1.807) is 11.0 Å². The number of methoxy groups -OCH3 is 1. The van der Waals surface area contributed by atoms with Crippen molar-refractivity contribution in [1.82, 2.24) is 9.88 Å². The zero-order valence-corrected chi connectivity index (χ0v) is 24.2. The number of ether oxygens (including phenoxy) is 3. The number of hydrogen-bond donors (Lipinski definition) is 1. The Morgan fingerprint density at radius 1 is 1.10 bits per heavy atom. The Bertz CT molecular complexity index is 1480. The summed E-state index contributed by atoms with van der Waals surface area (Å²) in [6.45, 7) is 12.4. The molecule has 2 heterocycles. The van der Waals surface area contributed by atoms with Gasteiger partial charge in [-0.05, 0) is 82.3 Å². The third kappa shape index (κ3) is 5.91. The maximum absolute atomic E-state index is 13.4. The van der Waals surface area contributed by atoms with Gasteiger partial charge in [-0.1, -0.05) is 23.7 Å². The number of hydrogen-bond acceptors (Lipinski definition) is 6. The minimum Gasteiger partial charge on any atom is -0.492 e. The van der Waals surface area contributed by atoms with Gasteiger partial charge in [0, 0.05) is 24.4 Å². The van der Waals surface area contributed by atoms with Crippen LogP contribution < -0.4 is 10.3 Å². The lowest BCUT2D eigenvalue weighted by molar-refractivity contribution is -0.00866. The van der Waals surface area contributed by atoms with Crippen molar-refractivity contribution in [3.05, 3.63) is 61.9 Å². The molecule has 3 aromatic rings. The lowest BCUT2D eigenvalue weighted by atomic mass is 9.95. The molecule has 1 saturated heterocycles. The van der Waals surface area contributed by atoms with Crippen molar-refractivity contribution in [2.24, 2.45) is 0 Å². The highest BCUT2D eigenvalue weighted by molar-refractivity contribution is 6.34. The first-order valence-electron chi connectivity index (χ1n) is 13.0. The number of amides is 1. The minimum absolute atomic E-state index is 0.0273. The summed E-state index contributed by atoms with van der Waals surface area (Å²) in [5, 5.41) is 0.691. The summed E-state index contributed by atoms with van der Waals surface area (Å²) in [6.07, 6.45) is 1.05. The van der Waals surface area contributed by atoms with Crippen LogP contribution >= 0.6 is 11.6 Å². The van der Waals surface area contributed by atoms with Crippen molar-refractivity contribution in [1.29, 1.82) is 0 Å². The number of carbonyl (C=O) groups excluding carboxylic acids is 2. The van der Waals surface area contributed by atoms with E-state index in [1.807, 2.05) is 53.7 Å². The molecule has 4 rings (SSSR count). The van der Waals surface area contributed by atoms with E-state index < -0.39 is 11.6 Å². The fraction of sp³-hybridized carbons (Fsp3) is 0.433. The van der Waals surface area contributed by atoms with Crippen molar-refractivity contribution in [2.45, 2.75) is 66.0 Å². The Balaban J connectivity index is 1.74. The number of pyridine rings is 1. The molecule has 9 heteroatoms. The van der Waals surface area contributed by atoms with Crippen LogP contribution in [-0.4, -0.2) is 53.9 Å². The van der Waals surface area contributed by atoms with E-state index in [1.165, 1.54) is 13.2 Å². The fourth-order valence-corrected chi connectivity index (χ4v) is 4.99. The van der Waals surface area contributed by atoms with E-state index in [-0.39, 0.29) is 34.9 Å². The summed E-state index contributed by atoms with van der Waals surface area (Å²) in [5.74, 6) is -0.244. The van der Waals surface area contributed by atoms with Gasteiger partial charge in [-0.3, -0.25) is 4.79 Å². The van der Waals surface area contributed by atoms with Crippen molar-refractivity contribution >= 4 is 34.6 Å². The minimum atomic E-state index is -0.593. The lowest BCUT2D eigenvalue weighted by Gasteiger charge is -2.41. The summed E-state index contributed by atoms with van der Waals surface area (Å²) in [5.41, 5.74) is 4.01. The second kappa shape index (κ2) is 10.9. The van der Waals surface area contributed by atoms with Crippen LogP contribution in [0.4, 0.5) is 4.79 Å². The lowest BCUT2D eigenvalue weighted by Crippen LogP contribution is -2.53. The number of benzene rings is 2. The van der Waals surface area contributed by atoms with Crippen LogP contribution in [0.15, 0.2) is 29.1 Å². The maximum Gasteiger partial charge on any atom is 0.410 e. The third-order valence-electron chi connectivity index (χ3n) is 7.14. The molecule has 1 aliphatic heterocycles. The molecular formula is C30H35ClN2O6. The van der Waals surface area contributed by atoms with Crippen LogP contribution in [0.25, 0.3) is 22.0 Å². The highest BCUT2D eigenvalue weighted by atomic mass is 35.5. The number of halogens is 1. The maximum atomic E-state index is 13.4. The molecule has 1 atom stereocenters. The van der Waals surface area contributed by atoms with Crippen LogP contribution in [-0.2, 0) is 9.47 Å². The molecule has 0 saturated carbocycles. The third-order valence-corrected chi connectivity index (χ3v) is 7.46. The molecule has 0 bridgehead atoms. The number of fused-ring (bicyclic) bond motifs is 1. The molecule has 2 aromatic carbocycles. The second-order valence-corrected chi connectivity index (χ2v) is 11.4. The van der Waals surface area contributed by atoms with E-state index >= 15 is 0 Å². The number of aromatic nitrogens is 1. The first kappa shape index (κ1) is 28.5. The van der Waals surface area contributed by atoms with Gasteiger partial charge >= 0.3 is 12.1 Å². The number of H-pyrrole nitrogens is 1. The van der Waals surface area contributed by atoms with Crippen molar-refractivity contribution < 1.29 is 23.8 Å². The highest BCUT2D eigenvalue weighted by Crippen LogP contribution is 2.37. The topological polar surface area (TPSA) is 97.9 Å². The largest absolute Gasteiger partial charge is 0.492 e. The first-order valence-corrected chi connectivity index (χ1v) is 13.4. The molecule has 0 aliphatic carbocycles. The molecule has 208 valence electrons. The van der Waals surface area contributed by atoms with Crippen molar-refractivity contribution in [3.63, 3.8) is 0 Å². The van der Waals surface area contributed by atoms with E-state index in [9.17, 15) is 14.4 Å². The Morgan fingerprint density at radius 3 is 2.33 bits per heavy atom. The molecule has 1 fully saturated rings. The molecule has 0 radical (unpaired) electrons. The molecule has 1 aliphatic rings. The van der Waals surface area contributed by atoms with Crippen LogP contribution in [0, 0.1) is 20.8 Å². The summed E-state index contributed by atoms with van der Waals surface area (Å²) < 4.78 is 16.8. The molecule has 1 amide bonds. The van der Waals surface area contributed by atoms with Crippen LogP contribution in [0.3, 0.4) is 0 Å². The highest BCUT2D eigenvalue weighted by Gasteiger charge is 2.35. The van der Waals surface area contributed by atoms with Gasteiger partial charge in [0.05, 0.1) is 35.4 Å². The SMILES string of the molecule is COC(=O)c1cc2c(OCC[C@@H]3CCN3C(=O)OC(C)(C)C)c(-c3cc(C)c(C)c(C)c3)c(=O)[nH]c2cc1Cl. The van der Waals surface area contributed by atoms with Gasteiger partial charge < -0.3 is 24.1 Å². The average Bonchev–Trinajstić information content (AvgIpc) is 2.81. The predicted octanol–water partition coefficient (Wildman–Crippen LogP) is 6.34. The van der Waals surface area contributed by atoms with E-state index in [2.05, 4.69) is 4.98 Å². The van der Waals surface area contributed by atoms with Crippen molar-refractivity contribution in [3.8, 4) is 16.9 Å². The van der Waals surface area contributed by atoms with Gasteiger partial charge in [-0.15, -0.1) is 0 Å². The standard InChI is InChI=1S/C30H35ClN2O6/c1-16-12-19(13-17(2)18(16)3)25-26(38-11-9-20-8-10-33(20)29(36)39-30(4,5)6)22-14-21(28(35)37-7)23(31)15-24(22)32-27(25)34/h12-15,20H,8-11H2,1-7H3,(H,32,34)/t20-/m0/s1. The van der Waals surface area contributed by atoms with E-state index in [0.29, 0.717) is 40.7 Å². The molecule has 0 spiro atoms.